The Kier molecular flexibility index (Phi) is 6.05. The minimum absolute atomic E-state index is 0.501. The molecule has 2 aliphatic rings. The fraction of sp³-hybridized carbons (Fsp3) is 0.727. The molecular formula is C11H22N6O5. The van der Waals surface area contributed by atoms with E-state index in [2.05, 4.69) is 10.7 Å². The number of nitrogens with zero attached hydrogens (tertiary/aromatic N) is 3. The monoisotopic (exact) mass is 318 g/mol. The second kappa shape index (κ2) is 7.35. The molecule has 0 atom stereocenters. The van der Waals surface area contributed by atoms with Gasteiger partial charge in [0.15, 0.2) is 0 Å². The van der Waals surface area contributed by atoms with Gasteiger partial charge < -0.3 is 21.3 Å². The Hall–Kier alpha value is -1.95. The van der Waals surface area contributed by atoms with Crippen molar-refractivity contribution >= 4 is 18.0 Å². The second-order valence-corrected chi connectivity index (χ2v) is 5.18. The van der Waals surface area contributed by atoms with Crippen LogP contribution >= 0.6 is 0 Å². The zero-order valence-corrected chi connectivity index (χ0v) is 12.6. The number of amides is 5. The van der Waals surface area contributed by atoms with Gasteiger partial charge in [-0.2, -0.15) is 0 Å². The van der Waals surface area contributed by atoms with Crippen molar-refractivity contribution in [1.82, 2.24) is 25.6 Å². The zero-order valence-electron chi connectivity index (χ0n) is 12.6. The van der Waals surface area contributed by atoms with Crippen molar-refractivity contribution in [2.45, 2.75) is 19.4 Å². The van der Waals surface area contributed by atoms with Gasteiger partial charge in [0.1, 0.15) is 19.0 Å². The van der Waals surface area contributed by atoms with E-state index < -0.39 is 37.0 Å². The van der Waals surface area contributed by atoms with E-state index in [-0.39, 0.29) is 0 Å². The SMILES string of the molecule is CC1(C)C(=O)N(CO)C(=O)N1CO.NC(=O)NN1CCNC1. The van der Waals surface area contributed by atoms with Gasteiger partial charge in [0.05, 0.1) is 6.67 Å². The number of rotatable bonds is 3. The van der Waals surface area contributed by atoms with Crippen molar-refractivity contribution in [2.24, 2.45) is 5.73 Å². The van der Waals surface area contributed by atoms with Crippen molar-refractivity contribution in [2.75, 3.05) is 33.2 Å². The summed E-state index contributed by atoms with van der Waals surface area (Å²) >= 11 is 0. The lowest BCUT2D eigenvalue weighted by Crippen LogP contribution is -2.44. The average Bonchev–Trinajstić information content (AvgIpc) is 2.97. The van der Waals surface area contributed by atoms with Gasteiger partial charge >= 0.3 is 12.1 Å². The van der Waals surface area contributed by atoms with Crippen molar-refractivity contribution in [1.29, 1.82) is 0 Å². The summed E-state index contributed by atoms with van der Waals surface area (Å²) < 4.78 is 0. The fourth-order valence-electron chi connectivity index (χ4n) is 2.04. The Morgan fingerprint density at radius 2 is 2.00 bits per heavy atom. The number of primary amides is 1. The molecule has 0 aromatic rings. The van der Waals surface area contributed by atoms with Crippen LogP contribution in [0.15, 0.2) is 0 Å². The number of carbonyl (C=O) groups excluding carboxylic acids is 3. The van der Waals surface area contributed by atoms with Gasteiger partial charge in [-0.05, 0) is 13.8 Å². The van der Waals surface area contributed by atoms with Crippen LogP contribution in [0.1, 0.15) is 13.8 Å². The number of carbonyl (C=O) groups is 3. The van der Waals surface area contributed by atoms with E-state index in [0.29, 0.717) is 11.6 Å². The Morgan fingerprint density at radius 1 is 1.36 bits per heavy atom. The molecule has 22 heavy (non-hydrogen) atoms. The van der Waals surface area contributed by atoms with Crippen LogP contribution in [0.5, 0.6) is 0 Å². The molecule has 0 aromatic carbocycles. The summed E-state index contributed by atoms with van der Waals surface area (Å²) in [7, 11) is 0. The molecule has 0 bridgehead atoms. The number of hydrogen-bond acceptors (Lipinski definition) is 7. The highest BCUT2D eigenvalue weighted by Crippen LogP contribution is 2.25. The summed E-state index contributed by atoms with van der Waals surface area (Å²) in [6.45, 7) is 4.25. The third kappa shape index (κ3) is 3.82. The lowest BCUT2D eigenvalue weighted by Gasteiger charge is -2.24. The molecule has 0 saturated carbocycles. The third-order valence-electron chi connectivity index (χ3n) is 3.32. The van der Waals surface area contributed by atoms with Crippen molar-refractivity contribution in [3.8, 4) is 0 Å². The Balaban J connectivity index is 0.000000235. The van der Waals surface area contributed by atoms with E-state index in [0.717, 1.165) is 18.0 Å². The molecule has 2 rings (SSSR count). The molecule has 6 N–H and O–H groups in total. The maximum absolute atomic E-state index is 11.4. The molecule has 2 aliphatic heterocycles. The maximum atomic E-state index is 11.4. The lowest BCUT2D eigenvalue weighted by molar-refractivity contribution is -0.134. The number of imide groups is 1. The van der Waals surface area contributed by atoms with Crippen LogP contribution in [0.3, 0.4) is 0 Å². The molecule has 0 spiro atoms. The van der Waals surface area contributed by atoms with Crippen molar-refractivity contribution in [3.05, 3.63) is 0 Å². The average molecular weight is 318 g/mol. The highest BCUT2D eigenvalue weighted by atomic mass is 16.3. The van der Waals surface area contributed by atoms with Crippen LogP contribution in [0.25, 0.3) is 0 Å². The summed E-state index contributed by atoms with van der Waals surface area (Å²) in [5.41, 5.74) is 6.23. The maximum Gasteiger partial charge on any atom is 0.331 e. The summed E-state index contributed by atoms with van der Waals surface area (Å²) in [5.74, 6) is -0.506. The molecule has 11 nitrogen and oxygen atoms in total. The van der Waals surface area contributed by atoms with E-state index in [1.165, 1.54) is 13.8 Å². The highest BCUT2D eigenvalue weighted by molar-refractivity contribution is 6.06. The topological polar surface area (TPSA) is 151 Å². The van der Waals surface area contributed by atoms with E-state index in [1.54, 1.807) is 5.01 Å². The van der Waals surface area contributed by atoms with Crippen LogP contribution in [-0.2, 0) is 4.79 Å². The quantitative estimate of drug-likeness (QED) is 0.357. The Morgan fingerprint density at radius 3 is 2.32 bits per heavy atom. The van der Waals surface area contributed by atoms with Gasteiger partial charge in [-0.3, -0.25) is 15.1 Å². The smallest absolute Gasteiger partial charge is 0.331 e. The molecule has 2 heterocycles. The number of hydrogen-bond donors (Lipinski definition) is 5. The van der Waals surface area contributed by atoms with Crippen molar-refractivity contribution in [3.63, 3.8) is 0 Å². The second-order valence-electron chi connectivity index (χ2n) is 5.18. The van der Waals surface area contributed by atoms with Gasteiger partial charge in [-0.1, -0.05) is 0 Å². The predicted molar refractivity (Wildman–Crippen MR) is 74.6 cm³/mol. The highest BCUT2D eigenvalue weighted by Gasteiger charge is 2.50. The molecule has 0 aromatic heterocycles. The van der Waals surface area contributed by atoms with Gasteiger partial charge in [0.2, 0.25) is 0 Å². The number of aliphatic hydroxyl groups is 2. The minimum atomic E-state index is -1.07. The largest absolute Gasteiger partial charge is 0.376 e. The van der Waals surface area contributed by atoms with Crippen LogP contribution in [0.2, 0.25) is 0 Å². The first-order valence-electron chi connectivity index (χ1n) is 6.62. The fourth-order valence-corrected chi connectivity index (χ4v) is 2.04. The van der Waals surface area contributed by atoms with E-state index >= 15 is 0 Å². The Labute approximate surface area is 127 Å². The lowest BCUT2D eigenvalue weighted by atomic mass is 10.1. The van der Waals surface area contributed by atoms with E-state index in [1.807, 2.05) is 0 Å². The summed E-state index contributed by atoms with van der Waals surface area (Å²) in [5, 5.41) is 22.3. The van der Waals surface area contributed by atoms with E-state index in [9.17, 15) is 14.4 Å². The van der Waals surface area contributed by atoms with Crippen LogP contribution in [0, 0.1) is 0 Å². The van der Waals surface area contributed by atoms with Crippen molar-refractivity contribution < 1.29 is 24.6 Å². The predicted octanol–water partition coefficient (Wildman–Crippen LogP) is -2.64. The van der Waals surface area contributed by atoms with Gasteiger partial charge in [0, 0.05) is 13.1 Å². The normalized spacial score (nSPS) is 20.9. The van der Waals surface area contributed by atoms with Gasteiger partial charge in [-0.15, -0.1) is 0 Å². The number of aliphatic hydroxyl groups excluding tert-OH is 2. The minimum Gasteiger partial charge on any atom is -0.376 e. The summed E-state index contributed by atoms with van der Waals surface area (Å²) in [6.07, 6.45) is 0. The molecule has 11 heteroatoms. The number of hydrazine groups is 1. The molecule has 0 unspecified atom stereocenters. The first-order chi connectivity index (χ1) is 10.3. The molecule has 126 valence electrons. The summed E-state index contributed by atoms with van der Waals surface area (Å²) in [4.78, 5) is 34.6. The molecule has 2 saturated heterocycles. The molecule has 2 fully saturated rings. The van der Waals surface area contributed by atoms with Crippen LogP contribution in [-0.4, -0.2) is 81.7 Å². The molecule has 0 radical (unpaired) electrons. The molecule has 5 amide bonds. The number of nitrogens with two attached hydrogens (primary N) is 1. The van der Waals surface area contributed by atoms with Crippen LogP contribution < -0.4 is 16.5 Å². The van der Waals surface area contributed by atoms with Gasteiger partial charge in [-0.25, -0.2) is 19.5 Å². The number of urea groups is 2. The van der Waals surface area contributed by atoms with E-state index in [4.69, 9.17) is 15.9 Å². The number of nitrogens with one attached hydrogen (secondary N) is 2. The third-order valence-corrected chi connectivity index (χ3v) is 3.32. The Bertz CT molecular complexity index is 437. The zero-order chi connectivity index (χ0) is 16.9. The molecule has 0 aliphatic carbocycles. The van der Waals surface area contributed by atoms with Gasteiger partial charge in [0.25, 0.3) is 5.91 Å². The molecular weight excluding hydrogens is 296 g/mol. The standard InChI is InChI=1S/C7H12N2O4.C4H10N4O/c1-7(2)5(12)8(3-10)6(13)9(7)4-11;5-4(9)7-8-2-1-6-3-8/h10-11H,3-4H2,1-2H3;6H,1-3H2,(H3,5,7,9). The van der Waals surface area contributed by atoms with Crippen LogP contribution in [0.4, 0.5) is 9.59 Å². The summed E-state index contributed by atoms with van der Waals surface area (Å²) in [6, 6.07) is -1.17. The first-order valence-corrected chi connectivity index (χ1v) is 6.62. The first kappa shape index (κ1) is 18.1.